The zero-order chi connectivity index (χ0) is 42.4. The van der Waals surface area contributed by atoms with Gasteiger partial charge in [-0.05, 0) is 61.5 Å². The first-order valence-corrected chi connectivity index (χ1v) is 22.9. The quantitative estimate of drug-likeness (QED) is 0.196. The number of aliphatic hydroxyl groups is 3. The standard InChI is InChI=1S/C46H69NO13/c1-25-17-35-40-37(23-44(58-40)28(4)16-26(2)24-47-44)56-43(20-25,55-35)21-27(3)39-30(6)32(48)22-45(52,59-39)41(51)36-19-34-33(53-36)18-29(5)46(57-34)15-14-42(60-46)13-9-11-31(54-42)10-7-8-12-38(49)50/h7,9-10,13,25-26,28-37,39-41,47-48,51-52H,3,8,11-12,14-24H2,1-2,4-6H3,(H,49,50)/b10-7+/t25-,26+,28-,29+,30+,31-,32+,33+,34+,35-,36-,37+,39-,40+,41+,42+,43-,44-,45-,46?/m1/s1. The van der Waals surface area contributed by atoms with E-state index >= 15 is 0 Å². The first-order chi connectivity index (χ1) is 28.4. The number of hydrogen-bond acceptors (Lipinski definition) is 13. The molecule has 0 aromatic rings. The number of aliphatic hydroxyl groups excluding tert-OH is 2. The van der Waals surface area contributed by atoms with Gasteiger partial charge in [0, 0.05) is 69.7 Å². The second-order valence-electron chi connectivity index (χ2n) is 20.5. The summed E-state index contributed by atoms with van der Waals surface area (Å²) < 4.78 is 53.6. The van der Waals surface area contributed by atoms with Gasteiger partial charge in [0.1, 0.15) is 17.9 Å². The number of rotatable bonds is 9. The lowest BCUT2D eigenvalue weighted by atomic mass is 9.78. The van der Waals surface area contributed by atoms with Crippen molar-refractivity contribution in [2.45, 2.75) is 208 Å². The highest BCUT2D eigenvalue weighted by atomic mass is 16.8. The molecule has 0 aliphatic carbocycles. The summed E-state index contributed by atoms with van der Waals surface area (Å²) in [5.74, 6) is -5.03. The molecule has 8 fully saturated rings. The summed E-state index contributed by atoms with van der Waals surface area (Å²) in [6.07, 6.45) is 9.04. The Morgan fingerprint density at radius 3 is 2.48 bits per heavy atom. The zero-order valence-electron chi connectivity index (χ0n) is 36.0. The van der Waals surface area contributed by atoms with Gasteiger partial charge < -0.3 is 58.3 Å². The van der Waals surface area contributed by atoms with Crippen LogP contribution in [-0.2, 0) is 42.7 Å². The van der Waals surface area contributed by atoms with E-state index in [-0.39, 0.29) is 49.3 Å². The molecule has 3 spiro atoms. The summed E-state index contributed by atoms with van der Waals surface area (Å²) in [5, 5.41) is 48.3. The van der Waals surface area contributed by atoms with E-state index < -0.39 is 71.3 Å². The number of nitrogens with one attached hydrogen (secondary N) is 1. The maximum Gasteiger partial charge on any atom is 0.303 e. The molecule has 20 atom stereocenters. The Bertz CT molecular complexity index is 1690. The van der Waals surface area contributed by atoms with Crippen LogP contribution in [0.15, 0.2) is 36.5 Å². The zero-order valence-corrected chi connectivity index (χ0v) is 36.0. The van der Waals surface area contributed by atoms with Crippen LogP contribution in [0.1, 0.15) is 118 Å². The Balaban J connectivity index is 0.846. The fourth-order valence-electron chi connectivity index (χ4n) is 12.4. The van der Waals surface area contributed by atoms with Gasteiger partial charge in [-0.1, -0.05) is 59.4 Å². The lowest BCUT2D eigenvalue weighted by molar-refractivity contribution is -0.367. The average Bonchev–Trinajstić information content (AvgIpc) is 3.87. The van der Waals surface area contributed by atoms with Gasteiger partial charge in [-0.3, -0.25) is 10.1 Å². The van der Waals surface area contributed by atoms with Crippen molar-refractivity contribution in [3.05, 3.63) is 36.5 Å². The third-order valence-electron chi connectivity index (χ3n) is 15.6. The maximum absolute atomic E-state index is 12.2. The summed E-state index contributed by atoms with van der Waals surface area (Å²) in [7, 11) is 0. The number of carboxylic acid groups (broad SMARTS) is 1. The SMILES string of the molecule is C=C(C[C@]12C[C@H](C)C[C@@H](O1)[C@@H]1O[C@@]3(C[C@@H]1O2)NC[C@@H](C)C[C@H]3C)[C@H]1O[C@@](O)([C@@H](O)[C@H]2C[C@@H]3OC4(CC[C@]5(C=CC[C@@H](/C=C/CCC(=O)O)O5)O4)[C@@H](C)C[C@@H]3O2)C[C@H](O)[C@@H]1C. The Hall–Kier alpha value is -1.79. The number of fused-ring (bicyclic) bond motifs is 5. The van der Waals surface area contributed by atoms with Crippen molar-refractivity contribution in [1.29, 1.82) is 0 Å². The highest BCUT2D eigenvalue weighted by molar-refractivity contribution is 5.66. The minimum Gasteiger partial charge on any atom is -0.481 e. The normalized spacial score (nSPS) is 52.9. The molecular weight excluding hydrogens is 775 g/mol. The number of piperidine rings is 1. The minimum atomic E-state index is -2.12. The monoisotopic (exact) mass is 843 g/mol. The molecule has 60 heavy (non-hydrogen) atoms. The predicted octanol–water partition coefficient (Wildman–Crippen LogP) is 4.98. The molecule has 0 aromatic carbocycles. The molecule has 336 valence electrons. The second-order valence-corrected chi connectivity index (χ2v) is 20.5. The van der Waals surface area contributed by atoms with Crippen LogP contribution in [0.5, 0.6) is 0 Å². The van der Waals surface area contributed by atoms with Crippen LogP contribution < -0.4 is 5.32 Å². The van der Waals surface area contributed by atoms with Gasteiger partial charge >= 0.3 is 5.97 Å². The van der Waals surface area contributed by atoms with E-state index in [9.17, 15) is 20.1 Å². The van der Waals surface area contributed by atoms with E-state index in [0.29, 0.717) is 74.7 Å². The largest absolute Gasteiger partial charge is 0.481 e. The van der Waals surface area contributed by atoms with E-state index in [1.54, 1.807) is 0 Å². The molecule has 2 bridgehead atoms. The Morgan fingerprint density at radius 2 is 1.70 bits per heavy atom. The van der Waals surface area contributed by atoms with E-state index in [2.05, 4.69) is 39.6 Å². The van der Waals surface area contributed by atoms with Gasteiger partial charge in [0.25, 0.3) is 0 Å². The summed E-state index contributed by atoms with van der Waals surface area (Å²) in [4.78, 5) is 10.9. The first-order valence-electron chi connectivity index (χ1n) is 22.9. The third kappa shape index (κ3) is 7.91. The lowest BCUT2D eigenvalue weighted by Gasteiger charge is -2.53. The molecule has 5 N–H and O–H groups in total. The van der Waals surface area contributed by atoms with Crippen LogP contribution in [0.4, 0.5) is 0 Å². The maximum atomic E-state index is 12.2. The number of allylic oxidation sites excluding steroid dienone is 1. The first kappa shape index (κ1) is 43.5. The number of carbonyl (C=O) groups is 1. The van der Waals surface area contributed by atoms with Crippen molar-refractivity contribution in [2.24, 2.45) is 29.6 Å². The van der Waals surface area contributed by atoms with Crippen LogP contribution in [0.2, 0.25) is 0 Å². The Kier molecular flexibility index (Phi) is 11.6. The summed E-state index contributed by atoms with van der Waals surface area (Å²) in [6.45, 7) is 16.1. The van der Waals surface area contributed by atoms with Crippen molar-refractivity contribution in [3.8, 4) is 0 Å². The van der Waals surface area contributed by atoms with Gasteiger partial charge in [0.05, 0.1) is 48.8 Å². The average molecular weight is 844 g/mol. The Labute approximate surface area is 354 Å². The fraction of sp³-hybridized carbons (Fsp3) is 0.848. The number of aliphatic carboxylic acids is 1. The van der Waals surface area contributed by atoms with Crippen LogP contribution in [0.3, 0.4) is 0 Å². The van der Waals surface area contributed by atoms with Crippen molar-refractivity contribution in [1.82, 2.24) is 5.32 Å². The minimum absolute atomic E-state index is 0.0600. The van der Waals surface area contributed by atoms with Crippen LogP contribution in [0, 0.1) is 29.6 Å². The highest BCUT2D eigenvalue weighted by Gasteiger charge is 2.64. The molecule has 9 aliphatic heterocycles. The van der Waals surface area contributed by atoms with Crippen molar-refractivity contribution >= 4 is 5.97 Å². The van der Waals surface area contributed by atoms with Crippen LogP contribution in [-0.4, -0.2) is 123 Å². The smallest absolute Gasteiger partial charge is 0.303 e. The van der Waals surface area contributed by atoms with Crippen molar-refractivity contribution in [2.75, 3.05) is 6.54 Å². The van der Waals surface area contributed by atoms with E-state index in [4.69, 9.17) is 43.0 Å². The molecule has 9 rings (SSSR count). The molecule has 0 amide bonds. The Morgan fingerprint density at radius 1 is 0.900 bits per heavy atom. The summed E-state index contributed by atoms with van der Waals surface area (Å²) in [5.41, 5.74) is 0.196. The van der Waals surface area contributed by atoms with Gasteiger partial charge in [-0.25, -0.2) is 0 Å². The van der Waals surface area contributed by atoms with Crippen molar-refractivity contribution in [3.63, 3.8) is 0 Å². The highest BCUT2D eigenvalue weighted by Crippen LogP contribution is 2.55. The second kappa shape index (κ2) is 16.0. The van der Waals surface area contributed by atoms with Crippen molar-refractivity contribution < 1.29 is 63.1 Å². The number of carboxylic acids is 1. The van der Waals surface area contributed by atoms with Gasteiger partial charge in [-0.15, -0.1) is 0 Å². The van der Waals surface area contributed by atoms with Crippen LogP contribution >= 0.6 is 0 Å². The van der Waals surface area contributed by atoms with Gasteiger partial charge in [0.2, 0.25) is 0 Å². The van der Waals surface area contributed by atoms with E-state index in [0.717, 1.165) is 25.8 Å². The topological polar surface area (TPSA) is 184 Å². The molecule has 9 aliphatic rings. The number of hydrogen-bond donors (Lipinski definition) is 5. The molecule has 0 aromatic heterocycles. The molecule has 1 unspecified atom stereocenters. The fourth-order valence-corrected chi connectivity index (χ4v) is 12.4. The molecule has 9 heterocycles. The molecule has 0 saturated carbocycles. The summed E-state index contributed by atoms with van der Waals surface area (Å²) in [6, 6.07) is 0. The lowest BCUT2D eigenvalue weighted by Crippen LogP contribution is -2.61. The van der Waals surface area contributed by atoms with Gasteiger partial charge in [-0.2, -0.15) is 0 Å². The van der Waals surface area contributed by atoms with Gasteiger partial charge in [0.15, 0.2) is 23.1 Å². The predicted molar refractivity (Wildman–Crippen MR) is 216 cm³/mol. The molecule has 8 saturated heterocycles. The summed E-state index contributed by atoms with van der Waals surface area (Å²) >= 11 is 0. The molecule has 0 radical (unpaired) electrons. The van der Waals surface area contributed by atoms with Crippen LogP contribution in [0.25, 0.3) is 0 Å². The third-order valence-corrected chi connectivity index (χ3v) is 15.6. The van der Waals surface area contributed by atoms with E-state index in [1.165, 1.54) is 0 Å². The van der Waals surface area contributed by atoms with E-state index in [1.807, 2.05) is 31.2 Å². The molecule has 14 heteroatoms. The number of ether oxygens (including phenoxy) is 8. The molecule has 14 nitrogen and oxygen atoms in total. The molecular formula is C46H69NO13.